The highest BCUT2D eigenvalue weighted by Crippen LogP contribution is 2.61. The molecule has 0 amide bonds. The predicted molar refractivity (Wildman–Crippen MR) is 105 cm³/mol. The van der Waals surface area contributed by atoms with Crippen molar-refractivity contribution in [1.82, 2.24) is 4.31 Å². The normalized spacial score (nSPS) is 26.0. The molecule has 152 valence electrons. The van der Waals surface area contributed by atoms with Crippen molar-refractivity contribution in [3.63, 3.8) is 0 Å². The number of rotatable bonds is 8. The summed E-state index contributed by atoms with van der Waals surface area (Å²) in [6, 6.07) is 4.87. The fourth-order valence-electron chi connectivity index (χ4n) is 4.25. The lowest BCUT2D eigenvalue weighted by Gasteiger charge is -2.54. The van der Waals surface area contributed by atoms with Crippen molar-refractivity contribution < 1.29 is 17.5 Å². The molecular weight excluding hydrogens is 367 g/mol. The minimum atomic E-state index is -3.63. The van der Waals surface area contributed by atoms with Crippen LogP contribution in [0.4, 0.5) is 10.1 Å². The van der Waals surface area contributed by atoms with Crippen LogP contribution in [0.1, 0.15) is 59.4 Å². The fourth-order valence-corrected chi connectivity index (χ4v) is 5.73. The number of hydrogen-bond acceptors (Lipinski definition) is 4. The van der Waals surface area contributed by atoms with Gasteiger partial charge < -0.3 is 9.64 Å². The third kappa shape index (κ3) is 2.89. The van der Waals surface area contributed by atoms with E-state index in [1.165, 1.54) is 10.4 Å². The first-order valence-corrected chi connectivity index (χ1v) is 11.4. The molecule has 2 aliphatic rings. The van der Waals surface area contributed by atoms with Gasteiger partial charge in [-0.3, -0.25) is 0 Å². The first-order chi connectivity index (χ1) is 12.6. The molecule has 1 aromatic carbocycles. The number of hydrogen-bond donors (Lipinski definition) is 0. The Kier molecular flexibility index (Phi) is 5.34. The van der Waals surface area contributed by atoms with E-state index < -0.39 is 27.5 Å². The molecule has 0 radical (unpaired) electrons. The Morgan fingerprint density at radius 1 is 1.19 bits per heavy atom. The molecule has 3 rings (SSSR count). The smallest absolute Gasteiger partial charge is 0.243 e. The molecular formula is C20H31FN2O3S. The van der Waals surface area contributed by atoms with Crippen molar-refractivity contribution in [2.75, 3.05) is 24.5 Å². The number of benzene rings is 1. The fraction of sp³-hybridized carbons (Fsp3) is 0.700. The van der Waals surface area contributed by atoms with Gasteiger partial charge in [0.05, 0.1) is 4.90 Å². The Morgan fingerprint density at radius 3 is 2.41 bits per heavy atom. The Hall–Kier alpha value is -1.18. The van der Waals surface area contributed by atoms with E-state index in [2.05, 4.69) is 6.92 Å². The molecule has 0 aromatic heterocycles. The van der Waals surface area contributed by atoms with Crippen LogP contribution in [-0.4, -0.2) is 44.2 Å². The zero-order chi connectivity index (χ0) is 20.0. The molecule has 5 nitrogen and oxygen atoms in total. The van der Waals surface area contributed by atoms with Crippen LogP contribution >= 0.6 is 0 Å². The van der Waals surface area contributed by atoms with E-state index in [4.69, 9.17) is 4.74 Å². The molecule has 0 saturated carbocycles. The van der Waals surface area contributed by atoms with Crippen molar-refractivity contribution in [2.24, 2.45) is 0 Å². The Morgan fingerprint density at radius 2 is 1.85 bits per heavy atom. The van der Waals surface area contributed by atoms with Gasteiger partial charge in [0.15, 0.2) is 6.23 Å². The van der Waals surface area contributed by atoms with Crippen LogP contribution in [0.25, 0.3) is 0 Å². The van der Waals surface area contributed by atoms with Gasteiger partial charge in [0.1, 0.15) is 5.60 Å². The van der Waals surface area contributed by atoms with Gasteiger partial charge in [0, 0.05) is 30.9 Å². The maximum Gasteiger partial charge on any atom is 0.243 e. The Labute approximate surface area is 162 Å². The van der Waals surface area contributed by atoms with Gasteiger partial charge in [-0.25, -0.2) is 12.8 Å². The monoisotopic (exact) mass is 398 g/mol. The van der Waals surface area contributed by atoms with Gasteiger partial charge in [0.25, 0.3) is 0 Å². The van der Waals surface area contributed by atoms with Gasteiger partial charge in [-0.1, -0.05) is 33.6 Å². The van der Waals surface area contributed by atoms with E-state index in [0.717, 1.165) is 24.9 Å². The zero-order valence-corrected chi connectivity index (χ0v) is 17.8. The summed E-state index contributed by atoms with van der Waals surface area (Å²) in [4.78, 5) is 2.11. The van der Waals surface area contributed by atoms with Crippen LogP contribution in [-0.2, 0) is 20.4 Å². The van der Waals surface area contributed by atoms with Crippen molar-refractivity contribution >= 4 is 15.7 Å². The van der Waals surface area contributed by atoms with Crippen molar-refractivity contribution in [3.05, 3.63) is 23.8 Å². The van der Waals surface area contributed by atoms with Gasteiger partial charge >= 0.3 is 0 Å². The third-order valence-electron chi connectivity index (χ3n) is 5.92. The van der Waals surface area contributed by atoms with Gasteiger partial charge in [-0.05, 0) is 38.5 Å². The standard InChI is InChI=1S/C20H31FN2O3S/c1-6-9-10-13-23-17-12-11-15(27(24,25)22(7-2)8-3)14-16(17)20(21)18(23)26-19(20,4)5/h11-12,14,18H,6-10,13H2,1-5H3. The average Bonchev–Trinajstić information content (AvgIpc) is 2.83. The molecule has 2 heterocycles. The SMILES string of the molecule is CCCCCN1c2ccc(S(=O)(=O)N(CC)CC)cc2C2(F)C1OC2(C)C. The number of halogens is 1. The molecule has 0 aliphatic carbocycles. The average molecular weight is 399 g/mol. The van der Waals surface area contributed by atoms with Gasteiger partial charge in [-0.2, -0.15) is 4.31 Å². The minimum absolute atomic E-state index is 0.152. The number of unbranched alkanes of at least 4 members (excludes halogenated alkanes) is 2. The summed E-state index contributed by atoms with van der Waals surface area (Å²) in [5.74, 6) is 0. The van der Waals surface area contributed by atoms with E-state index in [1.807, 2.05) is 4.90 Å². The highest BCUT2D eigenvalue weighted by molar-refractivity contribution is 7.89. The lowest BCUT2D eigenvalue weighted by molar-refractivity contribution is -0.307. The largest absolute Gasteiger partial charge is 0.345 e. The molecule has 0 spiro atoms. The van der Waals surface area contributed by atoms with Crippen molar-refractivity contribution in [3.8, 4) is 0 Å². The highest BCUT2D eigenvalue weighted by Gasteiger charge is 2.71. The van der Waals surface area contributed by atoms with Crippen LogP contribution in [0.3, 0.4) is 0 Å². The molecule has 27 heavy (non-hydrogen) atoms. The summed E-state index contributed by atoms with van der Waals surface area (Å²) in [5, 5.41) is 0. The maximum absolute atomic E-state index is 16.2. The van der Waals surface area contributed by atoms with Crippen LogP contribution in [0.2, 0.25) is 0 Å². The molecule has 0 bridgehead atoms. The molecule has 1 fully saturated rings. The summed E-state index contributed by atoms with van der Waals surface area (Å²) >= 11 is 0. The summed E-state index contributed by atoms with van der Waals surface area (Å²) in [6.45, 7) is 10.7. The Bertz CT molecular complexity index is 807. The topological polar surface area (TPSA) is 49.9 Å². The van der Waals surface area contributed by atoms with Gasteiger partial charge in [0.2, 0.25) is 15.7 Å². The van der Waals surface area contributed by atoms with E-state index in [-0.39, 0.29) is 4.90 Å². The molecule has 2 aliphatic heterocycles. The molecule has 1 aromatic rings. The molecule has 7 heteroatoms. The van der Waals surface area contributed by atoms with Crippen LogP contribution < -0.4 is 4.90 Å². The van der Waals surface area contributed by atoms with Crippen molar-refractivity contribution in [1.29, 1.82) is 0 Å². The minimum Gasteiger partial charge on any atom is -0.345 e. The molecule has 0 N–H and O–H groups in total. The van der Waals surface area contributed by atoms with Crippen LogP contribution in [0.5, 0.6) is 0 Å². The second kappa shape index (κ2) is 7.01. The van der Waals surface area contributed by atoms with Crippen molar-refractivity contribution in [2.45, 2.75) is 76.3 Å². The summed E-state index contributed by atoms with van der Waals surface area (Å²) in [6.07, 6.45) is 2.42. The van der Waals surface area contributed by atoms with Crippen LogP contribution in [0.15, 0.2) is 23.1 Å². The van der Waals surface area contributed by atoms with E-state index in [9.17, 15) is 8.42 Å². The lowest BCUT2D eigenvalue weighted by atomic mass is 9.76. The first-order valence-electron chi connectivity index (χ1n) is 9.93. The molecule has 1 saturated heterocycles. The summed E-state index contributed by atoms with van der Waals surface area (Å²) < 4.78 is 49.3. The number of nitrogens with zero attached hydrogens (tertiary/aromatic N) is 2. The number of fused-ring (bicyclic) bond motifs is 3. The van der Waals surface area contributed by atoms with E-state index in [0.29, 0.717) is 25.2 Å². The number of anilines is 1. The van der Waals surface area contributed by atoms with E-state index in [1.54, 1.807) is 39.8 Å². The first kappa shape index (κ1) is 20.6. The third-order valence-corrected chi connectivity index (χ3v) is 7.97. The molecule has 2 atom stereocenters. The maximum atomic E-state index is 16.2. The summed E-state index contributed by atoms with van der Waals surface area (Å²) in [5.41, 5.74) is -1.50. The number of alkyl halides is 1. The van der Waals surface area contributed by atoms with E-state index >= 15 is 4.39 Å². The second-order valence-corrected chi connectivity index (χ2v) is 9.80. The second-order valence-electron chi connectivity index (χ2n) is 7.86. The lowest BCUT2D eigenvalue weighted by Crippen LogP contribution is -2.68. The zero-order valence-electron chi connectivity index (χ0n) is 17.0. The van der Waals surface area contributed by atoms with Crippen LogP contribution in [0, 0.1) is 0 Å². The number of sulfonamides is 1. The summed E-state index contributed by atoms with van der Waals surface area (Å²) in [7, 11) is -3.63. The quantitative estimate of drug-likeness (QED) is 0.621. The Balaban J connectivity index is 2.05. The van der Waals surface area contributed by atoms with Gasteiger partial charge in [-0.15, -0.1) is 0 Å². The highest BCUT2D eigenvalue weighted by atomic mass is 32.2. The predicted octanol–water partition coefficient (Wildman–Crippen LogP) is 4.03. The molecule has 2 unspecified atom stereocenters. The number of ether oxygens (including phenoxy) is 1.